The molecule has 0 radical (unpaired) electrons. The average molecular weight is 308 g/mol. The predicted octanol–water partition coefficient (Wildman–Crippen LogP) is 2.46. The summed E-state index contributed by atoms with van der Waals surface area (Å²) in [7, 11) is -1.21. The zero-order chi connectivity index (χ0) is 15.0. The van der Waals surface area contributed by atoms with Crippen LogP contribution in [-0.2, 0) is 16.4 Å². The molecule has 1 aromatic carbocycles. The number of nitrogens with zero attached hydrogens (tertiary/aromatic N) is 1. The first-order valence-electron chi connectivity index (χ1n) is 7.82. The number of fused-ring (bicyclic) bond motifs is 1. The molecule has 1 aliphatic heterocycles. The molecular formula is C16H24N2O2S. The van der Waals surface area contributed by atoms with Crippen molar-refractivity contribution in [3.05, 3.63) is 29.3 Å². The van der Waals surface area contributed by atoms with Crippen LogP contribution in [0.15, 0.2) is 18.2 Å². The number of hydrogen-bond acceptors (Lipinski definition) is 3. The van der Waals surface area contributed by atoms with Gasteiger partial charge in [-0.05, 0) is 62.8 Å². The van der Waals surface area contributed by atoms with Crippen molar-refractivity contribution in [3.63, 3.8) is 0 Å². The molecule has 1 N–H and O–H groups in total. The lowest BCUT2D eigenvalue weighted by atomic mass is 9.98. The molecule has 1 heterocycles. The Morgan fingerprint density at radius 2 is 2.14 bits per heavy atom. The number of benzene rings is 1. The zero-order valence-electron chi connectivity index (χ0n) is 12.8. The Labute approximate surface area is 127 Å². The van der Waals surface area contributed by atoms with Crippen molar-refractivity contribution < 1.29 is 8.42 Å². The van der Waals surface area contributed by atoms with Crippen LogP contribution in [0.2, 0.25) is 0 Å². The summed E-state index contributed by atoms with van der Waals surface area (Å²) >= 11 is 0. The minimum Gasteiger partial charge on any atom is -0.313 e. The molecule has 1 aromatic rings. The van der Waals surface area contributed by atoms with E-state index in [1.165, 1.54) is 11.1 Å². The molecular weight excluding hydrogens is 284 g/mol. The van der Waals surface area contributed by atoms with E-state index in [0.29, 0.717) is 18.2 Å². The molecule has 21 heavy (non-hydrogen) atoms. The van der Waals surface area contributed by atoms with Gasteiger partial charge in [-0.2, -0.15) is 0 Å². The van der Waals surface area contributed by atoms with Gasteiger partial charge in [0.2, 0.25) is 10.0 Å². The zero-order valence-corrected chi connectivity index (χ0v) is 13.6. The highest BCUT2D eigenvalue weighted by Gasteiger charge is 2.34. The van der Waals surface area contributed by atoms with Crippen molar-refractivity contribution in [1.82, 2.24) is 5.32 Å². The summed E-state index contributed by atoms with van der Waals surface area (Å²) in [6.45, 7) is 2.75. The molecule has 116 valence electrons. The van der Waals surface area contributed by atoms with Crippen LogP contribution in [0.1, 0.15) is 43.4 Å². The number of hydrogen-bond donors (Lipinski definition) is 1. The summed E-state index contributed by atoms with van der Waals surface area (Å²) in [5, 5.41) is 3.23. The quantitative estimate of drug-likeness (QED) is 0.909. The monoisotopic (exact) mass is 308 g/mol. The van der Waals surface area contributed by atoms with Gasteiger partial charge in [-0.3, -0.25) is 4.31 Å². The van der Waals surface area contributed by atoms with E-state index < -0.39 is 10.0 Å². The van der Waals surface area contributed by atoms with Crippen LogP contribution in [-0.4, -0.2) is 27.8 Å². The fourth-order valence-corrected chi connectivity index (χ4v) is 4.97. The Morgan fingerprint density at radius 1 is 1.38 bits per heavy atom. The highest BCUT2D eigenvalue weighted by molar-refractivity contribution is 7.92. The number of sulfonamides is 1. The van der Waals surface area contributed by atoms with Crippen molar-refractivity contribution >= 4 is 15.7 Å². The van der Waals surface area contributed by atoms with Crippen LogP contribution in [0.3, 0.4) is 0 Å². The Kier molecular flexibility index (Phi) is 3.97. The van der Waals surface area contributed by atoms with Crippen LogP contribution in [0.25, 0.3) is 0 Å². The van der Waals surface area contributed by atoms with E-state index in [4.69, 9.17) is 0 Å². The molecule has 0 amide bonds. The second-order valence-corrected chi connectivity index (χ2v) is 8.23. The minimum absolute atomic E-state index is 0.286. The van der Waals surface area contributed by atoms with E-state index in [0.717, 1.165) is 31.4 Å². The molecule has 1 aliphatic carbocycles. The number of nitrogens with one attached hydrogen (secondary N) is 1. The number of aryl methyl sites for hydroxylation is 1. The minimum atomic E-state index is -3.15. The lowest BCUT2D eigenvalue weighted by Gasteiger charge is -2.31. The summed E-state index contributed by atoms with van der Waals surface area (Å²) < 4.78 is 26.8. The fourth-order valence-electron chi connectivity index (χ4n) is 2.98. The largest absolute Gasteiger partial charge is 0.313 e. The van der Waals surface area contributed by atoms with E-state index in [9.17, 15) is 8.42 Å². The Morgan fingerprint density at radius 3 is 2.81 bits per heavy atom. The highest BCUT2D eigenvalue weighted by Crippen LogP contribution is 2.35. The lowest BCUT2D eigenvalue weighted by Crippen LogP contribution is -2.37. The summed E-state index contributed by atoms with van der Waals surface area (Å²) in [6.07, 6.45) is 4.01. The highest BCUT2D eigenvalue weighted by atomic mass is 32.2. The SMILES string of the molecule is CNC(C)c1ccc2c(c1)CCCN2S(=O)(=O)CC1CC1. The summed E-state index contributed by atoms with van der Waals surface area (Å²) in [4.78, 5) is 0. The van der Waals surface area contributed by atoms with Gasteiger partial charge in [0.05, 0.1) is 11.4 Å². The number of rotatable bonds is 5. The third-order valence-electron chi connectivity index (χ3n) is 4.59. The smallest absolute Gasteiger partial charge is 0.235 e. The molecule has 0 saturated heterocycles. The molecule has 5 heteroatoms. The van der Waals surface area contributed by atoms with Crippen LogP contribution < -0.4 is 9.62 Å². The maximum atomic E-state index is 12.6. The predicted molar refractivity (Wildman–Crippen MR) is 86.1 cm³/mol. The summed E-state index contributed by atoms with van der Waals surface area (Å²) in [6, 6.07) is 6.48. The van der Waals surface area contributed by atoms with Gasteiger partial charge in [0.1, 0.15) is 0 Å². The van der Waals surface area contributed by atoms with Gasteiger partial charge in [-0.1, -0.05) is 12.1 Å². The number of anilines is 1. The van der Waals surface area contributed by atoms with E-state index in [1.54, 1.807) is 4.31 Å². The van der Waals surface area contributed by atoms with E-state index in [-0.39, 0.29) is 6.04 Å². The Balaban J connectivity index is 1.91. The molecule has 0 spiro atoms. The third kappa shape index (κ3) is 3.09. The maximum absolute atomic E-state index is 12.6. The molecule has 4 nitrogen and oxygen atoms in total. The van der Waals surface area contributed by atoms with Crippen molar-refractivity contribution in [3.8, 4) is 0 Å². The van der Waals surface area contributed by atoms with Gasteiger partial charge in [0.15, 0.2) is 0 Å². The molecule has 1 atom stereocenters. The molecule has 2 aliphatic rings. The Bertz CT molecular complexity index is 623. The van der Waals surface area contributed by atoms with Crippen molar-refractivity contribution in [2.24, 2.45) is 5.92 Å². The normalized spacial score (nSPS) is 20.2. The molecule has 0 bridgehead atoms. The van der Waals surface area contributed by atoms with Crippen LogP contribution >= 0.6 is 0 Å². The van der Waals surface area contributed by atoms with Crippen molar-refractivity contribution in [2.45, 2.75) is 38.6 Å². The molecule has 3 rings (SSSR count). The van der Waals surface area contributed by atoms with Crippen molar-refractivity contribution in [2.75, 3.05) is 23.7 Å². The Hall–Kier alpha value is -1.07. The summed E-state index contributed by atoms with van der Waals surface area (Å²) in [5.74, 6) is 0.713. The topological polar surface area (TPSA) is 49.4 Å². The first-order chi connectivity index (χ1) is 10.0. The first kappa shape index (κ1) is 14.9. The molecule has 1 fully saturated rings. The van der Waals surface area contributed by atoms with E-state index in [1.807, 2.05) is 19.2 Å². The summed E-state index contributed by atoms with van der Waals surface area (Å²) in [5.41, 5.74) is 3.28. The van der Waals surface area contributed by atoms with Gasteiger partial charge >= 0.3 is 0 Å². The first-order valence-corrected chi connectivity index (χ1v) is 9.42. The standard InChI is InChI=1S/C16H24N2O2S/c1-12(17-2)14-7-8-16-15(10-14)4-3-9-18(16)21(19,20)11-13-5-6-13/h7-8,10,12-13,17H,3-6,9,11H2,1-2H3. The second-order valence-electron chi connectivity index (χ2n) is 6.30. The fraction of sp³-hybridized carbons (Fsp3) is 0.625. The van der Waals surface area contributed by atoms with Crippen molar-refractivity contribution in [1.29, 1.82) is 0 Å². The maximum Gasteiger partial charge on any atom is 0.235 e. The van der Waals surface area contributed by atoms with E-state index in [2.05, 4.69) is 18.3 Å². The lowest BCUT2D eigenvalue weighted by molar-refractivity contribution is 0.582. The second kappa shape index (κ2) is 5.61. The van der Waals surface area contributed by atoms with Gasteiger partial charge in [-0.15, -0.1) is 0 Å². The molecule has 1 saturated carbocycles. The van der Waals surface area contributed by atoms with Gasteiger partial charge in [-0.25, -0.2) is 8.42 Å². The van der Waals surface area contributed by atoms with Crippen LogP contribution in [0.5, 0.6) is 0 Å². The van der Waals surface area contributed by atoms with Gasteiger partial charge < -0.3 is 5.32 Å². The average Bonchev–Trinajstić information content (AvgIpc) is 3.28. The van der Waals surface area contributed by atoms with Crippen LogP contribution in [0, 0.1) is 5.92 Å². The van der Waals surface area contributed by atoms with Gasteiger partial charge in [0.25, 0.3) is 0 Å². The van der Waals surface area contributed by atoms with Crippen LogP contribution in [0.4, 0.5) is 5.69 Å². The molecule has 1 unspecified atom stereocenters. The van der Waals surface area contributed by atoms with E-state index >= 15 is 0 Å². The molecule has 0 aromatic heterocycles. The van der Waals surface area contributed by atoms with Gasteiger partial charge in [0, 0.05) is 12.6 Å². The third-order valence-corrected chi connectivity index (χ3v) is 6.54.